The summed E-state index contributed by atoms with van der Waals surface area (Å²) in [5, 5.41) is 17.4. The summed E-state index contributed by atoms with van der Waals surface area (Å²) in [6.07, 6.45) is 3.14. The molecule has 3 heterocycles. The molecule has 2 aliphatic heterocycles. The van der Waals surface area contributed by atoms with Crippen LogP contribution in [0.25, 0.3) is 0 Å². The Morgan fingerprint density at radius 2 is 2.17 bits per heavy atom. The maximum atomic E-state index is 11.4. The molecule has 9 heteroatoms. The Kier molecular flexibility index (Phi) is 6.51. The van der Waals surface area contributed by atoms with Crippen LogP contribution < -0.4 is 14.8 Å². The van der Waals surface area contributed by atoms with Crippen molar-refractivity contribution in [3.8, 4) is 11.5 Å². The number of likely N-dealkylation sites (tertiary alicyclic amines) is 1. The molecule has 0 aliphatic carbocycles. The van der Waals surface area contributed by atoms with Gasteiger partial charge in [0.15, 0.2) is 11.5 Å². The highest BCUT2D eigenvalue weighted by Crippen LogP contribution is 2.30. The van der Waals surface area contributed by atoms with E-state index in [1.165, 1.54) is 0 Å². The standard InChI is InChI=1S/C21H29N5O4/c1-29-20-9-16(10-25-11-17(12-25)26-7-2-5-23-26)3-4-19(20)30-15-18(27)13-24-8-6-22-21(28)14-24/h2-5,7,9,17-18,27H,6,8,10-15H2,1H3,(H,22,28). The number of hydrogen-bond donors (Lipinski definition) is 2. The summed E-state index contributed by atoms with van der Waals surface area (Å²) in [5.74, 6) is 1.25. The minimum Gasteiger partial charge on any atom is -0.493 e. The number of aromatic nitrogens is 2. The summed E-state index contributed by atoms with van der Waals surface area (Å²) >= 11 is 0. The van der Waals surface area contributed by atoms with Crippen molar-refractivity contribution in [1.29, 1.82) is 0 Å². The van der Waals surface area contributed by atoms with E-state index in [1.807, 2.05) is 46.2 Å². The predicted octanol–water partition coefficient (Wildman–Crippen LogP) is 0.120. The molecule has 1 atom stereocenters. The van der Waals surface area contributed by atoms with E-state index in [4.69, 9.17) is 9.47 Å². The highest BCUT2D eigenvalue weighted by molar-refractivity contribution is 5.78. The molecule has 0 radical (unpaired) electrons. The van der Waals surface area contributed by atoms with Crippen LogP contribution in [0.15, 0.2) is 36.7 Å². The molecule has 2 aromatic rings. The van der Waals surface area contributed by atoms with Gasteiger partial charge in [0.1, 0.15) is 12.7 Å². The molecule has 1 amide bonds. The fourth-order valence-corrected chi connectivity index (χ4v) is 3.91. The zero-order valence-electron chi connectivity index (χ0n) is 17.2. The number of amides is 1. The lowest BCUT2D eigenvalue weighted by Crippen LogP contribution is -2.50. The van der Waals surface area contributed by atoms with Gasteiger partial charge in [-0.15, -0.1) is 0 Å². The number of nitrogens with zero attached hydrogens (tertiary/aromatic N) is 4. The monoisotopic (exact) mass is 415 g/mol. The molecule has 30 heavy (non-hydrogen) atoms. The molecule has 9 nitrogen and oxygen atoms in total. The Morgan fingerprint density at radius 3 is 2.90 bits per heavy atom. The highest BCUT2D eigenvalue weighted by atomic mass is 16.5. The first-order valence-corrected chi connectivity index (χ1v) is 10.3. The van der Waals surface area contributed by atoms with E-state index in [0.29, 0.717) is 37.2 Å². The fourth-order valence-electron chi connectivity index (χ4n) is 3.91. The first-order chi connectivity index (χ1) is 14.6. The maximum Gasteiger partial charge on any atom is 0.234 e. The Balaban J connectivity index is 1.25. The molecule has 2 aliphatic rings. The average molecular weight is 415 g/mol. The number of benzene rings is 1. The van der Waals surface area contributed by atoms with Crippen molar-refractivity contribution in [1.82, 2.24) is 24.9 Å². The van der Waals surface area contributed by atoms with E-state index in [-0.39, 0.29) is 12.5 Å². The van der Waals surface area contributed by atoms with Gasteiger partial charge in [0, 0.05) is 51.7 Å². The second-order valence-electron chi connectivity index (χ2n) is 7.87. The second-order valence-corrected chi connectivity index (χ2v) is 7.87. The number of β-amino-alcohol motifs (C(OH)–C–C–N with tert-alkyl or cyclic N) is 1. The van der Waals surface area contributed by atoms with Gasteiger partial charge in [-0.3, -0.25) is 19.3 Å². The lowest BCUT2D eigenvalue weighted by Gasteiger charge is -2.39. The van der Waals surface area contributed by atoms with Gasteiger partial charge in [-0.05, 0) is 23.8 Å². The lowest BCUT2D eigenvalue weighted by molar-refractivity contribution is -0.124. The predicted molar refractivity (Wildman–Crippen MR) is 110 cm³/mol. The summed E-state index contributed by atoms with van der Waals surface area (Å²) in [5.41, 5.74) is 1.15. The lowest BCUT2D eigenvalue weighted by atomic mass is 10.1. The van der Waals surface area contributed by atoms with Crippen LogP contribution in [0.4, 0.5) is 0 Å². The van der Waals surface area contributed by atoms with Gasteiger partial charge >= 0.3 is 0 Å². The van der Waals surface area contributed by atoms with Crippen LogP contribution in [0.3, 0.4) is 0 Å². The SMILES string of the molecule is COc1cc(CN2CC(n3cccn3)C2)ccc1OCC(O)CN1CCNC(=O)C1. The van der Waals surface area contributed by atoms with Crippen LogP contribution in [0.1, 0.15) is 11.6 Å². The van der Waals surface area contributed by atoms with Crippen molar-refractivity contribution < 1.29 is 19.4 Å². The smallest absolute Gasteiger partial charge is 0.234 e. The molecule has 0 saturated carbocycles. The zero-order chi connectivity index (χ0) is 20.9. The van der Waals surface area contributed by atoms with E-state index in [9.17, 15) is 9.90 Å². The largest absolute Gasteiger partial charge is 0.493 e. The summed E-state index contributed by atoms with van der Waals surface area (Å²) in [4.78, 5) is 15.7. The first-order valence-electron chi connectivity index (χ1n) is 10.3. The number of carbonyl (C=O) groups is 1. The molecule has 4 rings (SSSR count). The number of piperazine rings is 1. The van der Waals surface area contributed by atoms with Gasteiger partial charge in [0.25, 0.3) is 0 Å². The number of aliphatic hydroxyl groups excluding tert-OH is 1. The Bertz CT molecular complexity index is 838. The average Bonchev–Trinajstić information content (AvgIpc) is 3.23. The Hall–Kier alpha value is -2.62. The molecule has 2 fully saturated rings. The van der Waals surface area contributed by atoms with Crippen molar-refractivity contribution >= 4 is 5.91 Å². The summed E-state index contributed by atoms with van der Waals surface area (Å²) < 4.78 is 13.3. The van der Waals surface area contributed by atoms with E-state index < -0.39 is 6.10 Å². The number of methoxy groups -OCH3 is 1. The molecule has 1 aromatic heterocycles. The first kappa shape index (κ1) is 20.6. The molecular formula is C21H29N5O4. The van der Waals surface area contributed by atoms with Gasteiger partial charge in [-0.1, -0.05) is 6.07 Å². The van der Waals surface area contributed by atoms with Crippen molar-refractivity contribution in [2.75, 3.05) is 53.0 Å². The van der Waals surface area contributed by atoms with Gasteiger partial charge < -0.3 is 19.9 Å². The minimum absolute atomic E-state index is 0.00947. The maximum absolute atomic E-state index is 11.4. The number of carbonyl (C=O) groups excluding carboxylic acids is 1. The number of hydrogen-bond acceptors (Lipinski definition) is 7. The van der Waals surface area contributed by atoms with E-state index in [0.717, 1.165) is 31.7 Å². The van der Waals surface area contributed by atoms with Gasteiger partial charge in [-0.2, -0.15) is 5.10 Å². The molecule has 2 saturated heterocycles. The van der Waals surface area contributed by atoms with Crippen molar-refractivity contribution in [3.63, 3.8) is 0 Å². The van der Waals surface area contributed by atoms with Crippen LogP contribution in [-0.4, -0.2) is 89.7 Å². The van der Waals surface area contributed by atoms with Gasteiger partial charge in [-0.25, -0.2) is 0 Å². The number of nitrogens with one attached hydrogen (secondary N) is 1. The van der Waals surface area contributed by atoms with E-state index in [2.05, 4.69) is 15.3 Å². The Morgan fingerprint density at radius 1 is 1.30 bits per heavy atom. The minimum atomic E-state index is -0.680. The zero-order valence-corrected chi connectivity index (χ0v) is 17.2. The van der Waals surface area contributed by atoms with Gasteiger partial charge in [0.05, 0.1) is 19.7 Å². The summed E-state index contributed by atoms with van der Waals surface area (Å²) in [6.45, 7) is 5.00. The van der Waals surface area contributed by atoms with Crippen LogP contribution in [0.2, 0.25) is 0 Å². The van der Waals surface area contributed by atoms with Crippen LogP contribution in [0.5, 0.6) is 11.5 Å². The van der Waals surface area contributed by atoms with E-state index in [1.54, 1.807) is 7.11 Å². The van der Waals surface area contributed by atoms with Gasteiger partial charge in [0.2, 0.25) is 5.91 Å². The molecule has 2 N–H and O–H groups in total. The quantitative estimate of drug-likeness (QED) is 0.601. The van der Waals surface area contributed by atoms with Crippen molar-refractivity contribution in [3.05, 3.63) is 42.2 Å². The van der Waals surface area contributed by atoms with Crippen LogP contribution in [-0.2, 0) is 11.3 Å². The molecule has 162 valence electrons. The van der Waals surface area contributed by atoms with E-state index >= 15 is 0 Å². The third kappa shape index (κ3) is 5.10. The number of rotatable bonds is 9. The topological polar surface area (TPSA) is 92.1 Å². The summed E-state index contributed by atoms with van der Waals surface area (Å²) in [7, 11) is 1.62. The molecule has 0 bridgehead atoms. The molecule has 0 spiro atoms. The number of aliphatic hydroxyl groups is 1. The van der Waals surface area contributed by atoms with Crippen molar-refractivity contribution in [2.24, 2.45) is 0 Å². The Labute approximate surface area is 176 Å². The van der Waals surface area contributed by atoms with Crippen LogP contribution in [0, 0.1) is 0 Å². The van der Waals surface area contributed by atoms with Crippen molar-refractivity contribution in [2.45, 2.75) is 18.7 Å². The fraction of sp³-hybridized carbons (Fsp3) is 0.524. The molecule has 1 aromatic carbocycles. The number of ether oxygens (including phenoxy) is 2. The normalized spacial score (nSPS) is 19.2. The molecule has 1 unspecified atom stereocenters. The third-order valence-corrected chi connectivity index (χ3v) is 5.49. The third-order valence-electron chi connectivity index (χ3n) is 5.49. The van der Waals surface area contributed by atoms with Crippen LogP contribution >= 0.6 is 0 Å². The second kappa shape index (κ2) is 9.46. The molecular weight excluding hydrogens is 386 g/mol. The summed E-state index contributed by atoms with van der Waals surface area (Å²) in [6, 6.07) is 8.29. The highest BCUT2D eigenvalue weighted by Gasteiger charge is 2.28.